The summed E-state index contributed by atoms with van der Waals surface area (Å²) in [5, 5.41) is 0. The highest BCUT2D eigenvalue weighted by Gasteiger charge is 2.32. The molecule has 0 amide bonds. The fourth-order valence-electron chi connectivity index (χ4n) is 2.37. The molecule has 0 N–H and O–H groups in total. The first-order valence-corrected chi connectivity index (χ1v) is 8.07. The van der Waals surface area contributed by atoms with Crippen LogP contribution in [0.3, 0.4) is 0 Å². The van der Waals surface area contributed by atoms with Gasteiger partial charge in [-0.25, -0.2) is 8.42 Å². The van der Waals surface area contributed by atoms with Gasteiger partial charge < -0.3 is 12.4 Å². The van der Waals surface area contributed by atoms with E-state index in [0.717, 1.165) is 19.5 Å². The van der Waals surface area contributed by atoms with E-state index in [1.165, 1.54) is 0 Å². The van der Waals surface area contributed by atoms with Gasteiger partial charge in [0.2, 0.25) is 0 Å². The first kappa shape index (κ1) is 17.2. The third-order valence-corrected chi connectivity index (χ3v) is 4.67. The van der Waals surface area contributed by atoms with Crippen LogP contribution in [-0.2, 0) is 9.84 Å². The summed E-state index contributed by atoms with van der Waals surface area (Å²) in [5.74, 6) is 1.95. The van der Waals surface area contributed by atoms with Crippen LogP contribution in [0.4, 0.5) is 0 Å². The summed E-state index contributed by atoms with van der Waals surface area (Å²) in [6, 6.07) is 0.259. The molecule has 5 heteroatoms. The summed E-state index contributed by atoms with van der Waals surface area (Å²) in [6.07, 6.45) is 0.821. The maximum absolute atomic E-state index is 11.5. The third kappa shape index (κ3) is 6.07. The van der Waals surface area contributed by atoms with Crippen molar-refractivity contribution >= 4 is 9.84 Å². The van der Waals surface area contributed by atoms with E-state index >= 15 is 0 Å². The first-order valence-electron chi connectivity index (χ1n) is 6.24. The lowest BCUT2D eigenvalue weighted by molar-refractivity contribution is -0.00000626. The average molecular weight is 283 g/mol. The van der Waals surface area contributed by atoms with Gasteiger partial charge in [0.05, 0.1) is 11.5 Å². The summed E-state index contributed by atoms with van der Waals surface area (Å²) in [6.45, 7) is 10.8. The van der Waals surface area contributed by atoms with Crippen LogP contribution in [0.1, 0.15) is 34.1 Å². The molecule has 0 bridgehead atoms. The molecule has 1 aliphatic heterocycles. The maximum atomic E-state index is 11.5. The molecular weight excluding hydrogens is 258 g/mol. The van der Waals surface area contributed by atoms with E-state index in [1.54, 1.807) is 0 Å². The third-order valence-electron chi connectivity index (χ3n) is 2.92. The van der Waals surface area contributed by atoms with Crippen LogP contribution in [-0.4, -0.2) is 44.0 Å². The molecule has 17 heavy (non-hydrogen) atoms. The molecule has 104 valence electrons. The Labute approximate surface area is 112 Å². The molecule has 1 atom stereocenters. The lowest BCUT2D eigenvalue weighted by atomic mass is 10.1. The van der Waals surface area contributed by atoms with Crippen LogP contribution < -0.4 is 12.4 Å². The van der Waals surface area contributed by atoms with E-state index < -0.39 is 9.84 Å². The molecule has 1 aliphatic rings. The second kappa shape index (κ2) is 6.95. The van der Waals surface area contributed by atoms with Crippen molar-refractivity contribution in [3.8, 4) is 0 Å². The Morgan fingerprint density at radius 1 is 1.12 bits per heavy atom. The van der Waals surface area contributed by atoms with Gasteiger partial charge in [0.1, 0.15) is 0 Å². The Morgan fingerprint density at radius 2 is 1.59 bits per heavy atom. The van der Waals surface area contributed by atoms with Crippen molar-refractivity contribution in [2.75, 3.05) is 24.6 Å². The fourth-order valence-corrected chi connectivity index (χ4v) is 4.14. The minimum atomic E-state index is -2.75. The Balaban J connectivity index is 0.00000256. The average Bonchev–Trinajstić information content (AvgIpc) is 2.43. The molecular formula is C12H25ClNO2S-. The zero-order chi connectivity index (χ0) is 12.3. The standard InChI is InChI=1S/C12H25NO2S.ClH/c1-10(2)7-13(8-11(3)4)12-5-6-16(14,15)9-12;/h10-12H,5-9H2,1-4H3;1H/p-1. The molecule has 0 radical (unpaired) electrons. The minimum Gasteiger partial charge on any atom is -1.00 e. The molecule has 0 aromatic carbocycles. The Bertz CT molecular complexity index is 304. The number of hydrogen-bond acceptors (Lipinski definition) is 3. The van der Waals surface area contributed by atoms with Crippen LogP contribution in [0.25, 0.3) is 0 Å². The van der Waals surface area contributed by atoms with Gasteiger partial charge in [-0.3, -0.25) is 4.90 Å². The van der Waals surface area contributed by atoms with Crippen molar-refractivity contribution in [3.63, 3.8) is 0 Å². The van der Waals surface area contributed by atoms with Crippen LogP contribution in [0, 0.1) is 11.8 Å². The molecule has 0 aliphatic carbocycles. The molecule has 0 saturated carbocycles. The van der Waals surface area contributed by atoms with Gasteiger partial charge in [0.15, 0.2) is 9.84 Å². The normalized spacial score (nSPS) is 23.4. The second-order valence-electron chi connectivity index (χ2n) is 5.80. The largest absolute Gasteiger partial charge is 1.00 e. The maximum Gasteiger partial charge on any atom is 0.151 e. The van der Waals surface area contributed by atoms with Gasteiger partial charge >= 0.3 is 0 Å². The summed E-state index contributed by atoms with van der Waals surface area (Å²) in [5.41, 5.74) is 0. The molecule has 1 fully saturated rings. The van der Waals surface area contributed by atoms with Gasteiger partial charge in [-0.1, -0.05) is 27.7 Å². The number of halogens is 1. The molecule has 1 heterocycles. The van der Waals surface area contributed by atoms with E-state index in [-0.39, 0.29) is 18.4 Å². The van der Waals surface area contributed by atoms with Crippen molar-refractivity contribution < 1.29 is 20.8 Å². The predicted octanol–water partition coefficient (Wildman–Crippen LogP) is -1.21. The van der Waals surface area contributed by atoms with Gasteiger partial charge in [0.25, 0.3) is 0 Å². The Kier molecular flexibility index (Phi) is 7.04. The quantitative estimate of drug-likeness (QED) is 0.635. The van der Waals surface area contributed by atoms with Crippen LogP contribution in [0.5, 0.6) is 0 Å². The van der Waals surface area contributed by atoms with Crippen LogP contribution >= 0.6 is 0 Å². The highest BCUT2D eigenvalue weighted by atomic mass is 35.5. The summed E-state index contributed by atoms with van der Waals surface area (Å²) in [4.78, 5) is 2.37. The number of hydrogen-bond donors (Lipinski definition) is 0. The second-order valence-corrected chi connectivity index (χ2v) is 8.03. The summed E-state index contributed by atoms with van der Waals surface area (Å²) >= 11 is 0. The SMILES string of the molecule is CC(C)CN(CC(C)C)C1CCS(=O)(=O)C1.[Cl-]. The van der Waals surface area contributed by atoms with E-state index in [9.17, 15) is 8.42 Å². The Hall–Kier alpha value is 0.200. The highest BCUT2D eigenvalue weighted by molar-refractivity contribution is 7.91. The highest BCUT2D eigenvalue weighted by Crippen LogP contribution is 2.20. The van der Waals surface area contributed by atoms with Crippen molar-refractivity contribution in [1.29, 1.82) is 0 Å². The van der Waals surface area contributed by atoms with Crippen molar-refractivity contribution in [3.05, 3.63) is 0 Å². The number of sulfone groups is 1. The lowest BCUT2D eigenvalue weighted by Crippen LogP contribution is -3.00. The monoisotopic (exact) mass is 282 g/mol. The smallest absolute Gasteiger partial charge is 0.151 e. The lowest BCUT2D eigenvalue weighted by Gasteiger charge is -2.31. The van der Waals surface area contributed by atoms with Crippen molar-refractivity contribution in [2.45, 2.75) is 40.2 Å². The van der Waals surface area contributed by atoms with Crippen molar-refractivity contribution in [1.82, 2.24) is 4.90 Å². The number of rotatable bonds is 5. The van der Waals surface area contributed by atoms with E-state index in [4.69, 9.17) is 0 Å². The van der Waals surface area contributed by atoms with Crippen LogP contribution in [0.15, 0.2) is 0 Å². The molecule has 1 unspecified atom stereocenters. The minimum absolute atomic E-state index is 0. The first-order chi connectivity index (χ1) is 7.30. The Morgan fingerprint density at radius 3 is 1.88 bits per heavy atom. The van der Waals surface area contributed by atoms with E-state index in [2.05, 4.69) is 32.6 Å². The topological polar surface area (TPSA) is 37.4 Å². The number of nitrogens with zero attached hydrogens (tertiary/aromatic N) is 1. The fraction of sp³-hybridized carbons (Fsp3) is 1.00. The predicted molar refractivity (Wildman–Crippen MR) is 68.3 cm³/mol. The van der Waals surface area contributed by atoms with Crippen molar-refractivity contribution in [2.24, 2.45) is 11.8 Å². The molecule has 1 rings (SSSR count). The molecule has 0 spiro atoms. The molecule has 3 nitrogen and oxygen atoms in total. The molecule has 0 aromatic rings. The molecule has 1 saturated heterocycles. The van der Waals surface area contributed by atoms with Crippen LogP contribution in [0.2, 0.25) is 0 Å². The summed E-state index contributed by atoms with van der Waals surface area (Å²) < 4.78 is 23.0. The van der Waals surface area contributed by atoms with Gasteiger partial charge in [-0.2, -0.15) is 0 Å². The van der Waals surface area contributed by atoms with Gasteiger partial charge in [0, 0.05) is 19.1 Å². The molecule has 0 aromatic heterocycles. The summed E-state index contributed by atoms with van der Waals surface area (Å²) in [7, 11) is -2.75. The van der Waals surface area contributed by atoms with E-state index in [1.807, 2.05) is 0 Å². The van der Waals surface area contributed by atoms with Gasteiger partial charge in [-0.05, 0) is 18.3 Å². The zero-order valence-corrected chi connectivity index (χ0v) is 12.9. The zero-order valence-electron chi connectivity index (χ0n) is 11.3. The van der Waals surface area contributed by atoms with Gasteiger partial charge in [-0.15, -0.1) is 0 Å². The van der Waals surface area contributed by atoms with E-state index in [0.29, 0.717) is 23.3 Å².